The number of anilines is 1. The molecule has 0 aliphatic heterocycles. The molecule has 2 rings (SSSR count). The van der Waals surface area contributed by atoms with Crippen LogP contribution in [0.3, 0.4) is 0 Å². The molecule has 6 nitrogen and oxygen atoms in total. The number of methoxy groups -OCH3 is 2. The van der Waals surface area contributed by atoms with Crippen molar-refractivity contribution in [1.29, 1.82) is 0 Å². The van der Waals surface area contributed by atoms with Gasteiger partial charge >= 0.3 is 0 Å². The summed E-state index contributed by atoms with van der Waals surface area (Å²) in [5.41, 5.74) is 0.394. The molecular formula is C16H21N3O3. The molecule has 0 fully saturated rings. The second kappa shape index (κ2) is 6.62. The molecule has 6 heteroatoms. The zero-order chi connectivity index (χ0) is 16.2. The van der Waals surface area contributed by atoms with E-state index in [1.54, 1.807) is 34.1 Å². The number of aromatic nitrogens is 2. The average molecular weight is 303 g/mol. The quantitative estimate of drug-likeness (QED) is 0.853. The summed E-state index contributed by atoms with van der Waals surface area (Å²) in [6.07, 6.45) is 0. The molecule has 2 N–H and O–H groups in total. The number of nitrogens with one attached hydrogen (secondary N) is 1. The summed E-state index contributed by atoms with van der Waals surface area (Å²) in [7, 11) is 3.18. The van der Waals surface area contributed by atoms with Crippen LogP contribution in [0.25, 0.3) is 0 Å². The first-order valence-corrected chi connectivity index (χ1v) is 6.95. The largest absolute Gasteiger partial charge is 0.497 e. The van der Waals surface area contributed by atoms with E-state index in [2.05, 4.69) is 15.5 Å². The summed E-state index contributed by atoms with van der Waals surface area (Å²) >= 11 is 0. The third-order valence-electron chi connectivity index (χ3n) is 3.19. The van der Waals surface area contributed by atoms with Gasteiger partial charge in [0, 0.05) is 12.6 Å². The summed E-state index contributed by atoms with van der Waals surface area (Å²) in [4.78, 5) is 0. The molecule has 0 saturated carbocycles. The Hall–Kier alpha value is -2.34. The molecule has 0 amide bonds. The van der Waals surface area contributed by atoms with Gasteiger partial charge in [0.1, 0.15) is 22.8 Å². The van der Waals surface area contributed by atoms with Crippen molar-refractivity contribution in [2.24, 2.45) is 0 Å². The summed E-state index contributed by atoms with van der Waals surface area (Å²) in [6, 6.07) is 9.48. The first kappa shape index (κ1) is 16.0. The molecule has 0 atom stereocenters. The van der Waals surface area contributed by atoms with Gasteiger partial charge in [0.15, 0.2) is 5.82 Å². The van der Waals surface area contributed by atoms with E-state index >= 15 is 0 Å². The maximum absolute atomic E-state index is 10.0. The zero-order valence-electron chi connectivity index (χ0n) is 13.3. The van der Waals surface area contributed by atoms with Gasteiger partial charge in [-0.3, -0.25) is 0 Å². The maximum atomic E-state index is 10.0. The van der Waals surface area contributed by atoms with Crippen molar-refractivity contribution >= 4 is 5.82 Å². The van der Waals surface area contributed by atoms with Crippen LogP contribution in [-0.4, -0.2) is 29.5 Å². The van der Waals surface area contributed by atoms with E-state index in [4.69, 9.17) is 9.47 Å². The van der Waals surface area contributed by atoms with Crippen molar-refractivity contribution in [3.63, 3.8) is 0 Å². The highest BCUT2D eigenvalue weighted by Gasteiger charge is 2.24. The Bertz CT molecular complexity index is 622. The molecule has 0 unspecified atom stereocenters. The molecule has 1 aromatic heterocycles. The Kier molecular flexibility index (Phi) is 4.82. The molecule has 1 aromatic carbocycles. The number of nitrogens with zero attached hydrogens (tertiary/aromatic N) is 2. The van der Waals surface area contributed by atoms with Crippen LogP contribution in [-0.2, 0) is 12.1 Å². The molecule has 1 heterocycles. The lowest BCUT2D eigenvalue weighted by Gasteiger charge is -2.19. The first-order valence-electron chi connectivity index (χ1n) is 6.95. The Morgan fingerprint density at radius 1 is 1.09 bits per heavy atom. The van der Waals surface area contributed by atoms with Crippen LogP contribution in [0.15, 0.2) is 30.3 Å². The van der Waals surface area contributed by atoms with Gasteiger partial charge in [0.05, 0.1) is 14.2 Å². The molecule has 118 valence electrons. The monoisotopic (exact) mass is 303 g/mol. The van der Waals surface area contributed by atoms with E-state index in [1.165, 1.54) is 0 Å². The van der Waals surface area contributed by atoms with Crippen LogP contribution in [0.5, 0.6) is 11.5 Å². The number of aliphatic hydroxyl groups is 1. The van der Waals surface area contributed by atoms with E-state index < -0.39 is 5.60 Å². The maximum Gasteiger partial charge on any atom is 0.152 e. The van der Waals surface area contributed by atoms with Gasteiger partial charge in [-0.1, -0.05) is 12.1 Å². The SMILES string of the molecule is COc1ccc(CNc2cc(OC)c(C(C)(C)O)nn2)cc1. The third-order valence-corrected chi connectivity index (χ3v) is 3.19. The van der Waals surface area contributed by atoms with Crippen molar-refractivity contribution in [2.45, 2.75) is 26.0 Å². The molecule has 0 aliphatic rings. The molecule has 22 heavy (non-hydrogen) atoms. The molecule has 0 spiro atoms. The van der Waals surface area contributed by atoms with E-state index in [-0.39, 0.29) is 0 Å². The lowest BCUT2D eigenvalue weighted by Crippen LogP contribution is -2.20. The van der Waals surface area contributed by atoms with Crippen LogP contribution in [0.4, 0.5) is 5.82 Å². The summed E-state index contributed by atoms with van der Waals surface area (Å²) < 4.78 is 10.4. The second-order valence-corrected chi connectivity index (χ2v) is 5.41. The smallest absolute Gasteiger partial charge is 0.152 e. The minimum atomic E-state index is -1.10. The summed E-state index contributed by atoms with van der Waals surface area (Å²) in [6.45, 7) is 3.89. The number of hydrogen-bond donors (Lipinski definition) is 2. The minimum Gasteiger partial charge on any atom is -0.497 e. The molecule has 2 aromatic rings. The fraction of sp³-hybridized carbons (Fsp3) is 0.375. The number of rotatable bonds is 6. The zero-order valence-corrected chi connectivity index (χ0v) is 13.3. The molecular weight excluding hydrogens is 282 g/mol. The fourth-order valence-corrected chi connectivity index (χ4v) is 1.98. The molecule has 0 saturated heterocycles. The van der Waals surface area contributed by atoms with Crippen molar-refractivity contribution in [3.8, 4) is 11.5 Å². The van der Waals surface area contributed by atoms with Gasteiger partial charge in [-0.2, -0.15) is 0 Å². The van der Waals surface area contributed by atoms with Gasteiger partial charge in [0.2, 0.25) is 0 Å². The van der Waals surface area contributed by atoms with Crippen molar-refractivity contribution in [2.75, 3.05) is 19.5 Å². The van der Waals surface area contributed by atoms with Crippen LogP contribution >= 0.6 is 0 Å². The normalized spacial score (nSPS) is 11.1. The number of benzene rings is 1. The van der Waals surface area contributed by atoms with Crippen molar-refractivity contribution in [3.05, 3.63) is 41.6 Å². The third kappa shape index (κ3) is 3.85. The molecule has 0 radical (unpaired) electrons. The van der Waals surface area contributed by atoms with E-state index in [0.717, 1.165) is 11.3 Å². The number of hydrogen-bond acceptors (Lipinski definition) is 6. The Morgan fingerprint density at radius 3 is 2.32 bits per heavy atom. The highest BCUT2D eigenvalue weighted by molar-refractivity contribution is 5.44. The van der Waals surface area contributed by atoms with E-state index in [1.807, 2.05) is 24.3 Å². The van der Waals surface area contributed by atoms with Crippen LogP contribution in [0.2, 0.25) is 0 Å². The summed E-state index contributed by atoms with van der Waals surface area (Å²) in [5, 5.41) is 21.3. The topological polar surface area (TPSA) is 76.5 Å². The van der Waals surface area contributed by atoms with Crippen LogP contribution in [0.1, 0.15) is 25.1 Å². The number of ether oxygens (including phenoxy) is 2. The van der Waals surface area contributed by atoms with Gasteiger partial charge in [-0.15, -0.1) is 10.2 Å². The second-order valence-electron chi connectivity index (χ2n) is 5.41. The van der Waals surface area contributed by atoms with Gasteiger partial charge < -0.3 is 19.9 Å². The average Bonchev–Trinajstić information content (AvgIpc) is 2.52. The highest BCUT2D eigenvalue weighted by Crippen LogP contribution is 2.28. The Morgan fingerprint density at radius 2 is 1.77 bits per heavy atom. The highest BCUT2D eigenvalue weighted by atomic mass is 16.5. The van der Waals surface area contributed by atoms with Crippen molar-refractivity contribution in [1.82, 2.24) is 10.2 Å². The molecule has 0 bridgehead atoms. The first-order chi connectivity index (χ1) is 10.4. The van der Waals surface area contributed by atoms with Crippen LogP contribution < -0.4 is 14.8 Å². The Labute approximate surface area is 130 Å². The predicted octanol–water partition coefficient (Wildman–Crippen LogP) is 2.33. The standard InChI is InChI=1S/C16H21N3O3/c1-16(2,20)15-13(22-4)9-14(18-19-15)17-10-11-5-7-12(21-3)8-6-11/h5-9,20H,10H2,1-4H3,(H,17,18). The van der Waals surface area contributed by atoms with Gasteiger partial charge in [-0.05, 0) is 31.5 Å². The summed E-state index contributed by atoms with van der Waals surface area (Å²) in [5.74, 6) is 1.90. The molecule has 0 aliphatic carbocycles. The predicted molar refractivity (Wildman–Crippen MR) is 84.1 cm³/mol. The lowest BCUT2D eigenvalue weighted by atomic mass is 10.0. The van der Waals surface area contributed by atoms with Crippen LogP contribution in [0, 0.1) is 0 Å². The van der Waals surface area contributed by atoms with Gasteiger partial charge in [0.25, 0.3) is 0 Å². The lowest BCUT2D eigenvalue weighted by molar-refractivity contribution is 0.0696. The fourth-order valence-electron chi connectivity index (χ4n) is 1.98. The minimum absolute atomic E-state index is 0.407. The van der Waals surface area contributed by atoms with E-state index in [0.29, 0.717) is 23.8 Å². The van der Waals surface area contributed by atoms with Crippen molar-refractivity contribution < 1.29 is 14.6 Å². The Balaban J connectivity index is 2.09. The van der Waals surface area contributed by atoms with E-state index in [9.17, 15) is 5.11 Å². The van der Waals surface area contributed by atoms with Gasteiger partial charge in [-0.25, -0.2) is 0 Å².